The fourth-order valence-corrected chi connectivity index (χ4v) is 1.38. The largest absolute Gasteiger partial charge is 0.231 e. The minimum Gasteiger partial charge on any atom is -0.222 e. The van der Waals surface area contributed by atoms with Gasteiger partial charge in [0.15, 0.2) is 0 Å². The molecule has 0 spiro atoms. The Morgan fingerprint density at radius 3 is 1.21 bits per heavy atom. The predicted molar refractivity (Wildman–Crippen MR) is 61.3 cm³/mol. The van der Waals surface area contributed by atoms with Crippen LogP contribution in [0.3, 0.4) is 0 Å². The van der Waals surface area contributed by atoms with Crippen LogP contribution in [0, 0.1) is 5.41 Å². The van der Waals surface area contributed by atoms with Gasteiger partial charge in [-0.2, -0.15) is 0 Å². The number of nitrogens with one attached hydrogen (secondary N) is 1. The summed E-state index contributed by atoms with van der Waals surface area (Å²) in [5.41, 5.74) is 0. The molecular weight excluding hydrogens is 174 g/mol. The Labute approximate surface area is 88.6 Å². The van der Waals surface area contributed by atoms with E-state index in [2.05, 4.69) is 13.8 Å². The highest BCUT2D eigenvalue weighted by atomic mass is 16.1. The first-order chi connectivity index (χ1) is 6.83. The summed E-state index contributed by atoms with van der Waals surface area (Å²) in [5, 5.41) is 5.40. The van der Waals surface area contributed by atoms with E-state index in [0.717, 1.165) is 6.08 Å². The predicted octanol–water partition coefficient (Wildman–Crippen LogP) is 4.44. The first-order valence-corrected chi connectivity index (χ1v) is 5.87. The first kappa shape index (κ1) is 15.8. The summed E-state index contributed by atoms with van der Waals surface area (Å²) >= 11 is 0. The SMILES string of the molecule is CCCCCCCCCCC.N=C=O. The third kappa shape index (κ3) is 22.5. The van der Waals surface area contributed by atoms with E-state index in [0.29, 0.717) is 0 Å². The van der Waals surface area contributed by atoms with Gasteiger partial charge in [0, 0.05) is 0 Å². The summed E-state index contributed by atoms with van der Waals surface area (Å²) < 4.78 is 0. The molecule has 2 heteroatoms. The molecule has 0 aliphatic rings. The van der Waals surface area contributed by atoms with Gasteiger partial charge in [0.2, 0.25) is 6.08 Å². The highest BCUT2D eigenvalue weighted by molar-refractivity contribution is 5.26. The van der Waals surface area contributed by atoms with Gasteiger partial charge >= 0.3 is 0 Å². The maximum absolute atomic E-state index is 8.35. The van der Waals surface area contributed by atoms with E-state index < -0.39 is 0 Å². The van der Waals surface area contributed by atoms with Gasteiger partial charge in [-0.1, -0.05) is 71.6 Å². The van der Waals surface area contributed by atoms with Crippen LogP contribution < -0.4 is 0 Å². The maximum atomic E-state index is 8.35. The number of unbranched alkanes of at least 4 members (excludes halogenated alkanes) is 8. The lowest BCUT2D eigenvalue weighted by Gasteiger charge is -1.98. The monoisotopic (exact) mass is 199 g/mol. The molecule has 0 saturated heterocycles. The van der Waals surface area contributed by atoms with Gasteiger partial charge < -0.3 is 0 Å². The van der Waals surface area contributed by atoms with Crippen LogP contribution in [0.1, 0.15) is 71.6 Å². The molecular formula is C12H25NO. The number of hydrogen-bond acceptors (Lipinski definition) is 2. The van der Waals surface area contributed by atoms with E-state index in [4.69, 9.17) is 10.2 Å². The summed E-state index contributed by atoms with van der Waals surface area (Å²) in [7, 11) is 0. The normalized spacial score (nSPS) is 8.71. The van der Waals surface area contributed by atoms with E-state index >= 15 is 0 Å². The maximum Gasteiger partial charge on any atom is 0.231 e. The van der Waals surface area contributed by atoms with Crippen molar-refractivity contribution in [1.82, 2.24) is 0 Å². The zero-order valence-electron chi connectivity index (χ0n) is 9.77. The molecule has 0 fully saturated rings. The molecule has 0 bridgehead atoms. The van der Waals surface area contributed by atoms with Crippen molar-refractivity contribution in [1.29, 1.82) is 5.41 Å². The zero-order valence-corrected chi connectivity index (χ0v) is 9.77. The molecule has 0 aliphatic heterocycles. The van der Waals surface area contributed by atoms with Gasteiger partial charge in [0.25, 0.3) is 0 Å². The van der Waals surface area contributed by atoms with Crippen molar-refractivity contribution in [2.24, 2.45) is 0 Å². The second-order valence-corrected chi connectivity index (χ2v) is 3.58. The van der Waals surface area contributed by atoms with Gasteiger partial charge in [0.1, 0.15) is 0 Å². The van der Waals surface area contributed by atoms with Gasteiger partial charge in [0.05, 0.1) is 0 Å². The van der Waals surface area contributed by atoms with E-state index in [9.17, 15) is 0 Å². The van der Waals surface area contributed by atoms with Crippen LogP contribution in [0.15, 0.2) is 0 Å². The number of hydrogen-bond donors (Lipinski definition) is 1. The van der Waals surface area contributed by atoms with Crippen molar-refractivity contribution >= 4 is 6.08 Å². The summed E-state index contributed by atoms with van der Waals surface area (Å²) in [6.45, 7) is 4.55. The molecule has 0 aromatic rings. The highest BCUT2D eigenvalue weighted by Gasteiger charge is 1.88. The molecule has 84 valence electrons. The molecule has 0 heterocycles. The van der Waals surface area contributed by atoms with Crippen molar-refractivity contribution in [2.45, 2.75) is 71.6 Å². The number of isocyanates is 1. The second kappa shape index (κ2) is 18.2. The lowest BCUT2D eigenvalue weighted by molar-refractivity contribution is 0.563. The van der Waals surface area contributed by atoms with Gasteiger partial charge in [-0.3, -0.25) is 0 Å². The average molecular weight is 199 g/mol. The standard InChI is InChI=1S/C11H24.CHNO/c1-3-5-7-9-11-10-8-6-4-2;2-1-3/h3-11H2,1-2H3;2H. The Hall–Kier alpha value is -0.620. The van der Waals surface area contributed by atoms with Gasteiger partial charge in [-0.15, -0.1) is 0 Å². The van der Waals surface area contributed by atoms with Crippen LogP contribution in [0.4, 0.5) is 0 Å². The smallest absolute Gasteiger partial charge is 0.222 e. The third-order valence-corrected chi connectivity index (χ3v) is 2.21. The average Bonchev–Trinajstić information content (AvgIpc) is 2.18. The summed E-state index contributed by atoms with van der Waals surface area (Å²) in [4.78, 5) is 8.35. The Morgan fingerprint density at radius 2 is 1.00 bits per heavy atom. The Kier molecular flexibility index (Phi) is 20.6. The fourth-order valence-electron chi connectivity index (χ4n) is 1.38. The first-order valence-electron chi connectivity index (χ1n) is 5.87. The Bertz CT molecular complexity index is 109. The summed E-state index contributed by atoms with van der Waals surface area (Å²) in [6.07, 6.45) is 13.7. The molecule has 1 N–H and O–H groups in total. The number of rotatable bonds is 8. The minimum absolute atomic E-state index is 0.750. The van der Waals surface area contributed by atoms with Crippen molar-refractivity contribution < 1.29 is 4.79 Å². The van der Waals surface area contributed by atoms with E-state index in [-0.39, 0.29) is 0 Å². The van der Waals surface area contributed by atoms with Crippen LogP contribution in [0.5, 0.6) is 0 Å². The molecule has 0 aromatic carbocycles. The quantitative estimate of drug-likeness (QED) is 0.350. The molecule has 0 amide bonds. The molecule has 0 aliphatic carbocycles. The number of carbonyl (C=O) groups excluding carboxylic acids is 1. The van der Waals surface area contributed by atoms with Crippen LogP contribution >= 0.6 is 0 Å². The van der Waals surface area contributed by atoms with Crippen molar-refractivity contribution in [3.8, 4) is 0 Å². The lowest BCUT2D eigenvalue weighted by atomic mass is 10.1. The second-order valence-electron chi connectivity index (χ2n) is 3.58. The molecule has 0 aromatic heterocycles. The summed E-state index contributed by atoms with van der Waals surface area (Å²) in [6, 6.07) is 0. The van der Waals surface area contributed by atoms with Crippen LogP contribution in [-0.4, -0.2) is 6.08 Å². The summed E-state index contributed by atoms with van der Waals surface area (Å²) in [5.74, 6) is 0. The Morgan fingerprint density at radius 1 is 0.786 bits per heavy atom. The van der Waals surface area contributed by atoms with E-state index in [1.165, 1.54) is 57.8 Å². The van der Waals surface area contributed by atoms with Crippen LogP contribution in [0.2, 0.25) is 0 Å². The molecule has 2 nitrogen and oxygen atoms in total. The molecule has 14 heavy (non-hydrogen) atoms. The third-order valence-electron chi connectivity index (χ3n) is 2.21. The molecule has 0 atom stereocenters. The molecule has 0 saturated carbocycles. The highest BCUT2D eigenvalue weighted by Crippen LogP contribution is 2.08. The fraction of sp³-hybridized carbons (Fsp3) is 0.917. The van der Waals surface area contributed by atoms with Crippen molar-refractivity contribution in [3.63, 3.8) is 0 Å². The molecule has 0 rings (SSSR count). The topological polar surface area (TPSA) is 40.9 Å². The van der Waals surface area contributed by atoms with Gasteiger partial charge in [-0.05, 0) is 0 Å². The lowest BCUT2D eigenvalue weighted by Crippen LogP contribution is -1.79. The van der Waals surface area contributed by atoms with E-state index in [1.807, 2.05) is 0 Å². The van der Waals surface area contributed by atoms with Gasteiger partial charge in [-0.25, -0.2) is 10.2 Å². The van der Waals surface area contributed by atoms with Crippen LogP contribution in [0.25, 0.3) is 0 Å². The zero-order chi connectivity index (χ0) is 11.1. The minimum atomic E-state index is 0.750. The van der Waals surface area contributed by atoms with E-state index in [1.54, 1.807) is 0 Å². The Balaban J connectivity index is 0. The van der Waals surface area contributed by atoms with Crippen molar-refractivity contribution in [2.75, 3.05) is 0 Å². The molecule has 0 radical (unpaired) electrons. The van der Waals surface area contributed by atoms with Crippen LogP contribution in [-0.2, 0) is 4.79 Å². The van der Waals surface area contributed by atoms with Crippen molar-refractivity contribution in [3.05, 3.63) is 0 Å². The molecule has 0 unspecified atom stereocenters.